The van der Waals surface area contributed by atoms with Crippen molar-refractivity contribution in [2.75, 3.05) is 20.3 Å². The summed E-state index contributed by atoms with van der Waals surface area (Å²) in [5.41, 5.74) is 0. The molecule has 2 unspecified atom stereocenters. The molecule has 0 radical (unpaired) electrons. The monoisotopic (exact) mass is 195 g/mol. The third kappa shape index (κ3) is 2.13. The first-order valence-corrected chi connectivity index (χ1v) is 5.12. The van der Waals surface area contributed by atoms with Gasteiger partial charge in [-0.1, -0.05) is 0 Å². The summed E-state index contributed by atoms with van der Waals surface area (Å²) in [5, 5.41) is 7.55. The van der Waals surface area contributed by atoms with Gasteiger partial charge in [0.25, 0.3) is 0 Å². The number of aromatic nitrogens is 2. The fraction of sp³-hybridized carbons (Fsp3) is 0.700. The van der Waals surface area contributed by atoms with Crippen LogP contribution in [-0.2, 0) is 11.3 Å². The summed E-state index contributed by atoms with van der Waals surface area (Å²) in [5.74, 6) is 0.629. The normalized spacial score (nSPS) is 23.9. The van der Waals surface area contributed by atoms with Crippen molar-refractivity contribution in [2.24, 2.45) is 5.92 Å². The van der Waals surface area contributed by atoms with E-state index in [4.69, 9.17) is 4.74 Å². The molecule has 78 valence electrons. The highest BCUT2D eigenvalue weighted by atomic mass is 16.5. The van der Waals surface area contributed by atoms with Crippen LogP contribution in [0.25, 0.3) is 0 Å². The van der Waals surface area contributed by atoms with Crippen LogP contribution in [0.15, 0.2) is 18.5 Å². The Morgan fingerprint density at radius 2 is 2.64 bits per heavy atom. The van der Waals surface area contributed by atoms with E-state index in [1.165, 1.54) is 0 Å². The second-order valence-electron chi connectivity index (χ2n) is 3.75. The van der Waals surface area contributed by atoms with Gasteiger partial charge < -0.3 is 10.1 Å². The number of rotatable bonds is 4. The van der Waals surface area contributed by atoms with Gasteiger partial charge in [-0.05, 0) is 19.5 Å². The molecular weight excluding hydrogens is 178 g/mol. The minimum Gasteiger partial charge on any atom is -0.381 e. The minimum atomic E-state index is 0.470. The predicted molar refractivity (Wildman–Crippen MR) is 54.0 cm³/mol. The van der Waals surface area contributed by atoms with Gasteiger partial charge in [0.1, 0.15) is 0 Å². The zero-order valence-corrected chi connectivity index (χ0v) is 8.52. The Balaban J connectivity index is 1.92. The summed E-state index contributed by atoms with van der Waals surface area (Å²) >= 11 is 0. The Labute approximate surface area is 84.3 Å². The number of nitrogens with zero attached hydrogens (tertiary/aromatic N) is 2. The SMILES string of the molecule is CNC(Cn1cccn1)C1CCOC1. The molecule has 1 aliphatic heterocycles. The predicted octanol–water partition coefficient (Wildman–Crippen LogP) is 0.508. The third-order valence-electron chi connectivity index (χ3n) is 2.85. The molecule has 14 heavy (non-hydrogen) atoms. The Kier molecular flexibility index (Phi) is 3.16. The van der Waals surface area contributed by atoms with Gasteiger partial charge in [-0.2, -0.15) is 5.10 Å². The average Bonchev–Trinajstić information content (AvgIpc) is 2.86. The van der Waals surface area contributed by atoms with Crippen LogP contribution in [0, 0.1) is 5.92 Å². The van der Waals surface area contributed by atoms with E-state index < -0.39 is 0 Å². The van der Waals surface area contributed by atoms with Crippen LogP contribution in [0.3, 0.4) is 0 Å². The lowest BCUT2D eigenvalue weighted by molar-refractivity contribution is 0.174. The van der Waals surface area contributed by atoms with E-state index in [1.54, 1.807) is 0 Å². The van der Waals surface area contributed by atoms with Crippen molar-refractivity contribution in [1.82, 2.24) is 15.1 Å². The highest BCUT2D eigenvalue weighted by molar-refractivity contribution is 4.83. The van der Waals surface area contributed by atoms with Crippen molar-refractivity contribution in [3.63, 3.8) is 0 Å². The quantitative estimate of drug-likeness (QED) is 0.760. The summed E-state index contributed by atoms with van der Waals surface area (Å²) in [7, 11) is 2.01. The Morgan fingerprint density at radius 3 is 3.21 bits per heavy atom. The molecule has 0 aromatic carbocycles. The zero-order chi connectivity index (χ0) is 9.80. The Hall–Kier alpha value is -0.870. The minimum absolute atomic E-state index is 0.470. The molecule has 1 fully saturated rings. The van der Waals surface area contributed by atoms with Gasteiger partial charge in [-0.25, -0.2) is 0 Å². The molecule has 2 rings (SSSR count). The van der Waals surface area contributed by atoms with Gasteiger partial charge in [0.2, 0.25) is 0 Å². The lowest BCUT2D eigenvalue weighted by Gasteiger charge is -2.21. The van der Waals surface area contributed by atoms with Crippen molar-refractivity contribution < 1.29 is 4.74 Å². The van der Waals surface area contributed by atoms with E-state index in [0.29, 0.717) is 12.0 Å². The number of nitrogens with one attached hydrogen (secondary N) is 1. The van der Waals surface area contributed by atoms with Gasteiger partial charge in [-0.3, -0.25) is 4.68 Å². The van der Waals surface area contributed by atoms with E-state index in [9.17, 15) is 0 Å². The molecule has 1 aromatic heterocycles. The highest BCUT2D eigenvalue weighted by Gasteiger charge is 2.24. The lowest BCUT2D eigenvalue weighted by atomic mass is 9.99. The van der Waals surface area contributed by atoms with Gasteiger partial charge in [0.15, 0.2) is 0 Å². The number of ether oxygens (including phenoxy) is 1. The highest BCUT2D eigenvalue weighted by Crippen LogP contribution is 2.17. The Bertz CT molecular complexity index is 254. The zero-order valence-electron chi connectivity index (χ0n) is 8.52. The van der Waals surface area contributed by atoms with E-state index in [2.05, 4.69) is 10.4 Å². The van der Waals surface area contributed by atoms with Gasteiger partial charge >= 0.3 is 0 Å². The number of hydrogen-bond donors (Lipinski definition) is 1. The van der Waals surface area contributed by atoms with Crippen molar-refractivity contribution in [1.29, 1.82) is 0 Å². The molecular formula is C10H17N3O. The molecule has 4 nitrogen and oxygen atoms in total. The maximum Gasteiger partial charge on any atom is 0.0566 e. The maximum atomic E-state index is 5.39. The standard InChI is InChI=1S/C10H17N3O/c1-11-10(9-3-6-14-8-9)7-13-5-2-4-12-13/h2,4-5,9-11H,3,6-8H2,1H3. The first kappa shape index (κ1) is 9.68. The molecule has 0 spiro atoms. The molecule has 0 saturated carbocycles. The molecule has 1 N–H and O–H groups in total. The van der Waals surface area contributed by atoms with E-state index in [1.807, 2.05) is 30.2 Å². The topological polar surface area (TPSA) is 39.1 Å². The summed E-state index contributed by atoms with van der Waals surface area (Å²) in [6.45, 7) is 2.71. The fourth-order valence-electron chi connectivity index (χ4n) is 1.96. The first-order valence-electron chi connectivity index (χ1n) is 5.12. The van der Waals surface area contributed by atoms with Crippen molar-refractivity contribution in [3.05, 3.63) is 18.5 Å². The molecule has 2 atom stereocenters. The molecule has 1 saturated heterocycles. The molecule has 4 heteroatoms. The average molecular weight is 195 g/mol. The maximum absolute atomic E-state index is 5.39. The fourth-order valence-corrected chi connectivity index (χ4v) is 1.96. The molecule has 1 aromatic rings. The second kappa shape index (κ2) is 4.57. The first-order chi connectivity index (χ1) is 6.90. The van der Waals surface area contributed by atoms with Gasteiger partial charge in [0, 0.05) is 31.0 Å². The van der Waals surface area contributed by atoms with Crippen LogP contribution in [-0.4, -0.2) is 36.1 Å². The van der Waals surface area contributed by atoms with Crippen LogP contribution in [0.5, 0.6) is 0 Å². The van der Waals surface area contributed by atoms with E-state index in [-0.39, 0.29) is 0 Å². The van der Waals surface area contributed by atoms with Gasteiger partial charge in [-0.15, -0.1) is 0 Å². The van der Waals surface area contributed by atoms with Crippen LogP contribution in [0.2, 0.25) is 0 Å². The molecule has 0 bridgehead atoms. The smallest absolute Gasteiger partial charge is 0.0566 e. The third-order valence-corrected chi connectivity index (χ3v) is 2.85. The molecule has 2 heterocycles. The molecule has 0 aliphatic carbocycles. The van der Waals surface area contributed by atoms with E-state index in [0.717, 1.165) is 26.2 Å². The summed E-state index contributed by atoms with van der Waals surface area (Å²) < 4.78 is 7.36. The Morgan fingerprint density at radius 1 is 1.71 bits per heavy atom. The van der Waals surface area contributed by atoms with Crippen molar-refractivity contribution in [3.8, 4) is 0 Å². The van der Waals surface area contributed by atoms with Crippen LogP contribution in [0.1, 0.15) is 6.42 Å². The number of hydrogen-bond acceptors (Lipinski definition) is 3. The summed E-state index contributed by atoms with van der Waals surface area (Å²) in [6.07, 6.45) is 4.98. The van der Waals surface area contributed by atoms with Crippen molar-refractivity contribution >= 4 is 0 Å². The molecule has 1 aliphatic rings. The summed E-state index contributed by atoms with van der Waals surface area (Å²) in [6, 6.07) is 2.43. The number of likely N-dealkylation sites (N-methyl/N-ethyl adjacent to an activating group) is 1. The molecule has 0 amide bonds. The van der Waals surface area contributed by atoms with Crippen LogP contribution < -0.4 is 5.32 Å². The van der Waals surface area contributed by atoms with E-state index >= 15 is 0 Å². The lowest BCUT2D eigenvalue weighted by Crippen LogP contribution is -2.37. The van der Waals surface area contributed by atoms with Crippen LogP contribution >= 0.6 is 0 Å². The summed E-state index contributed by atoms with van der Waals surface area (Å²) in [4.78, 5) is 0. The van der Waals surface area contributed by atoms with Crippen molar-refractivity contribution in [2.45, 2.75) is 19.0 Å². The van der Waals surface area contributed by atoms with Crippen LogP contribution in [0.4, 0.5) is 0 Å². The largest absolute Gasteiger partial charge is 0.381 e. The second-order valence-corrected chi connectivity index (χ2v) is 3.75. The van der Waals surface area contributed by atoms with Gasteiger partial charge in [0.05, 0.1) is 13.2 Å².